The smallest absolute Gasteiger partial charge is 0.355 e. The van der Waals surface area contributed by atoms with E-state index in [0.29, 0.717) is 5.56 Å². The molecule has 1 aliphatic carbocycles. The summed E-state index contributed by atoms with van der Waals surface area (Å²) in [6.07, 6.45) is 1.88. The molecule has 6 heteroatoms. The van der Waals surface area contributed by atoms with Crippen molar-refractivity contribution >= 4 is 23.3 Å². The van der Waals surface area contributed by atoms with Gasteiger partial charge in [-0.25, -0.2) is 14.6 Å². The van der Waals surface area contributed by atoms with Gasteiger partial charge >= 0.3 is 11.9 Å². The predicted molar refractivity (Wildman–Crippen MR) is 99.6 cm³/mol. The zero-order chi connectivity index (χ0) is 19.0. The molecule has 1 aromatic carbocycles. The van der Waals surface area contributed by atoms with Crippen molar-refractivity contribution in [1.82, 2.24) is 4.98 Å². The molecule has 1 heterocycles. The molecule has 0 saturated heterocycles. The first-order valence-corrected chi connectivity index (χ1v) is 9.33. The van der Waals surface area contributed by atoms with E-state index in [1.54, 1.807) is 17.5 Å². The van der Waals surface area contributed by atoms with E-state index in [9.17, 15) is 9.59 Å². The third-order valence-corrected chi connectivity index (χ3v) is 4.79. The van der Waals surface area contributed by atoms with Crippen molar-refractivity contribution in [3.8, 4) is 0 Å². The number of nitrogens with zero attached hydrogens (tertiary/aromatic N) is 1. The van der Waals surface area contributed by atoms with Gasteiger partial charge in [-0.2, -0.15) is 0 Å². The van der Waals surface area contributed by atoms with Crippen LogP contribution in [-0.4, -0.2) is 29.1 Å². The van der Waals surface area contributed by atoms with Crippen LogP contribution in [0.3, 0.4) is 0 Å². The van der Waals surface area contributed by atoms with Crippen molar-refractivity contribution in [2.24, 2.45) is 0 Å². The van der Waals surface area contributed by atoms with Crippen LogP contribution in [0.2, 0.25) is 0 Å². The lowest BCUT2D eigenvalue weighted by atomic mass is 9.95. The highest BCUT2D eigenvalue weighted by molar-refractivity contribution is 7.10. The fourth-order valence-corrected chi connectivity index (χ4v) is 3.46. The Bertz CT molecular complexity index is 702. The Kier molecular flexibility index (Phi) is 7.77. The van der Waals surface area contributed by atoms with Gasteiger partial charge in [0.1, 0.15) is 5.01 Å². The average molecular weight is 363 g/mol. The second kappa shape index (κ2) is 9.32. The highest BCUT2D eigenvalue weighted by Gasteiger charge is 2.48. The van der Waals surface area contributed by atoms with E-state index in [2.05, 4.69) is 9.72 Å². The molecular formula is C19H25NO4S. The highest BCUT2D eigenvalue weighted by atomic mass is 32.1. The van der Waals surface area contributed by atoms with Gasteiger partial charge in [0.25, 0.3) is 0 Å². The van der Waals surface area contributed by atoms with E-state index in [-0.39, 0.29) is 17.1 Å². The average Bonchev–Trinajstić information content (AvgIpc) is 3.33. The van der Waals surface area contributed by atoms with Crippen molar-refractivity contribution in [3.63, 3.8) is 0 Å². The first-order valence-electron chi connectivity index (χ1n) is 8.45. The number of esters is 1. The fraction of sp³-hybridized carbons (Fsp3) is 0.421. The minimum Gasteiger partial charge on any atom is -0.476 e. The Labute approximate surface area is 152 Å². The van der Waals surface area contributed by atoms with Crippen LogP contribution in [0.1, 0.15) is 72.0 Å². The fourth-order valence-electron chi connectivity index (χ4n) is 2.39. The molecule has 3 rings (SSSR count). The lowest BCUT2D eigenvalue weighted by molar-refractivity contribution is 0.0599. The lowest BCUT2D eigenvalue weighted by Gasteiger charge is -2.13. The number of hydrogen-bond donors (Lipinski definition) is 1. The number of rotatable bonds is 4. The largest absolute Gasteiger partial charge is 0.476 e. The third-order valence-electron chi connectivity index (χ3n) is 3.74. The summed E-state index contributed by atoms with van der Waals surface area (Å²) in [6, 6.07) is 7.24. The first-order chi connectivity index (χ1) is 12.1. The van der Waals surface area contributed by atoms with E-state index in [1.807, 2.05) is 39.8 Å². The van der Waals surface area contributed by atoms with Gasteiger partial charge in [0.15, 0.2) is 5.69 Å². The maximum Gasteiger partial charge on any atom is 0.355 e. The maximum absolute atomic E-state index is 11.4. The number of ether oxygens (including phenoxy) is 1. The van der Waals surface area contributed by atoms with Gasteiger partial charge in [0, 0.05) is 10.8 Å². The Balaban J connectivity index is 0.000000730. The number of thiazole rings is 1. The SMILES string of the molecule is CC.CC.COC(=O)c1ccc(C2(c3nc(C(=O)O)cs3)CC2)cc1. The van der Waals surface area contributed by atoms with Crippen molar-refractivity contribution < 1.29 is 19.4 Å². The van der Waals surface area contributed by atoms with Crippen LogP contribution in [0.15, 0.2) is 29.6 Å². The van der Waals surface area contributed by atoms with Gasteiger partial charge in [-0.3, -0.25) is 0 Å². The normalized spacial score (nSPS) is 13.5. The molecule has 1 aromatic heterocycles. The molecular weight excluding hydrogens is 338 g/mol. The van der Waals surface area contributed by atoms with Gasteiger partial charge in [-0.05, 0) is 30.5 Å². The number of carbonyl (C=O) groups is 2. The zero-order valence-corrected chi connectivity index (χ0v) is 16.1. The number of methoxy groups -OCH3 is 1. The summed E-state index contributed by atoms with van der Waals surface area (Å²) in [6.45, 7) is 8.00. The van der Waals surface area contributed by atoms with E-state index >= 15 is 0 Å². The number of carboxylic acids is 1. The molecule has 5 nitrogen and oxygen atoms in total. The molecule has 1 N–H and O–H groups in total. The molecule has 0 spiro atoms. The van der Waals surface area contributed by atoms with Gasteiger partial charge in [0.05, 0.1) is 12.7 Å². The molecule has 136 valence electrons. The molecule has 1 fully saturated rings. The maximum atomic E-state index is 11.4. The van der Waals surface area contributed by atoms with Gasteiger partial charge < -0.3 is 9.84 Å². The summed E-state index contributed by atoms with van der Waals surface area (Å²) >= 11 is 1.37. The minimum atomic E-state index is -1.01. The van der Waals surface area contributed by atoms with E-state index in [4.69, 9.17) is 5.11 Å². The van der Waals surface area contributed by atoms with E-state index in [0.717, 1.165) is 23.4 Å². The Morgan fingerprint density at radius 1 is 1.12 bits per heavy atom. The lowest BCUT2D eigenvalue weighted by Crippen LogP contribution is -2.10. The summed E-state index contributed by atoms with van der Waals surface area (Å²) in [5.74, 6) is -1.37. The molecule has 1 saturated carbocycles. The number of benzene rings is 1. The number of hydrogen-bond acceptors (Lipinski definition) is 5. The summed E-state index contributed by atoms with van der Waals surface area (Å²) in [5.41, 5.74) is 1.46. The second-order valence-electron chi connectivity index (χ2n) is 4.99. The molecule has 0 atom stereocenters. The first kappa shape index (κ1) is 20.8. The molecule has 0 aliphatic heterocycles. The van der Waals surface area contributed by atoms with E-state index in [1.165, 1.54) is 18.4 Å². The van der Waals surface area contributed by atoms with Gasteiger partial charge in [-0.1, -0.05) is 39.8 Å². The Morgan fingerprint density at radius 3 is 2.08 bits per heavy atom. The summed E-state index contributed by atoms with van der Waals surface area (Å²) in [4.78, 5) is 26.6. The highest BCUT2D eigenvalue weighted by Crippen LogP contribution is 2.54. The predicted octanol–water partition coefficient (Wildman–Crippen LogP) is 4.76. The molecule has 0 bridgehead atoms. The summed E-state index contributed by atoms with van der Waals surface area (Å²) in [5, 5.41) is 11.4. The summed E-state index contributed by atoms with van der Waals surface area (Å²) < 4.78 is 4.68. The summed E-state index contributed by atoms with van der Waals surface area (Å²) in [7, 11) is 1.35. The van der Waals surface area contributed by atoms with Gasteiger partial charge in [-0.15, -0.1) is 11.3 Å². The van der Waals surface area contributed by atoms with Crippen molar-refractivity contribution in [2.75, 3.05) is 7.11 Å². The number of aromatic carboxylic acids is 1. The monoisotopic (exact) mass is 363 g/mol. The van der Waals surface area contributed by atoms with Crippen LogP contribution in [0.5, 0.6) is 0 Å². The Morgan fingerprint density at radius 2 is 1.68 bits per heavy atom. The molecule has 2 aromatic rings. The molecule has 0 amide bonds. The zero-order valence-electron chi connectivity index (χ0n) is 15.3. The van der Waals surface area contributed by atoms with Crippen LogP contribution >= 0.6 is 11.3 Å². The van der Waals surface area contributed by atoms with Crippen LogP contribution in [0, 0.1) is 0 Å². The van der Waals surface area contributed by atoms with Gasteiger partial charge in [0.2, 0.25) is 0 Å². The Hall–Kier alpha value is -2.21. The van der Waals surface area contributed by atoms with Crippen LogP contribution in [-0.2, 0) is 10.2 Å². The van der Waals surface area contributed by atoms with Crippen molar-refractivity contribution in [2.45, 2.75) is 46.0 Å². The molecule has 1 aliphatic rings. The standard InChI is InChI=1S/C15H13NO4S.2C2H6/c1-20-13(19)9-2-4-10(5-3-9)15(6-7-15)14-16-11(8-21-14)12(17)18;2*1-2/h2-5,8H,6-7H2,1H3,(H,17,18);2*1-2H3. The minimum absolute atomic E-state index is 0.0902. The molecule has 25 heavy (non-hydrogen) atoms. The van der Waals surface area contributed by atoms with Crippen LogP contribution < -0.4 is 0 Å². The molecule has 0 radical (unpaired) electrons. The van der Waals surface area contributed by atoms with E-state index < -0.39 is 5.97 Å². The molecule has 0 unspecified atom stereocenters. The van der Waals surface area contributed by atoms with Crippen molar-refractivity contribution in [3.05, 3.63) is 51.5 Å². The quantitative estimate of drug-likeness (QED) is 0.793. The third kappa shape index (κ3) is 4.45. The van der Waals surface area contributed by atoms with Crippen LogP contribution in [0.25, 0.3) is 0 Å². The number of carboxylic acid groups (broad SMARTS) is 1. The number of aromatic nitrogens is 1. The van der Waals surface area contributed by atoms with Crippen molar-refractivity contribution in [1.29, 1.82) is 0 Å². The van der Waals surface area contributed by atoms with Crippen LogP contribution in [0.4, 0.5) is 0 Å². The topological polar surface area (TPSA) is 76.5 Å². The second-order valence-corrected chi connectivity index (χ2v) is 5.85. The number of carbonyl (C=O) groups excluding carboxylic acids is 1.